The molecule has 0 N–H and O–H groups in total. The molecule has 0 aromatic rings. The molecule has 0 heterocycles. The Labute approximate surface area is 61.8 Å². The highest BCUT2D eigenvalue weighted by Crippen LogP contribution is 2.48. The fourth-order valence-corrected chi connectivity index (χ4v) is 0.161. The number of rotatable bonds is 0. The molecule has 0 bridgehead atoms. The highest BCUT2D eigenvalue weighted by atomic mass is 32.1. The van der Waals surface area contributed by atoms with Crippen LogP contribution in [0, 0.1) is 0 Å². The van der Waals surface area contributed by atoms with Crippen molar-refractivity contribution in [1.29, 1.82) is 0 Å². The molecule has 0 aromatic heterocycles. The number of alkyl halides is 7. The van der Waals surface area contributed by atoms with Gasteiger partial charge in [0.15, 0.2) is 0 Å². The Morgan fingerprint density at radius 2 is 0.818 bits per heavy atom. The van der Waals surface area contributed by atoms with Crippen molar-refractivity contribution in [1.82, 2.24) is 0 Å². The van der Waals surface area contributed by atoms with Crippen LogP contribution in [0.2, 0.25) is 0 Å². The minimum absolute atomic E-state index is 1.83. The molecule has 0 rings (SSSR count). The number of halogens is 7. The average Bonchev–Trinajstić information content (AvgIpc) is 1.58. The van der Waals surface area contributed by atoms with Crippen LogP contribution in [0.5, 0.6) is 0 Å². The van der Waals surface area contributed by atoms with Crippen molar-refractivity contribution in [2.45, 2.75) is 17.4 Å². The van der Waals surface area contributed by atoms with Crippen molar-refractivity contribution in [2.24, 2.45) is 0 Å². The quantitative estimate of drug-likeness (QED) is 0.453. The number of hydrogen-bond acceptors (Lipinski definition) is 1. The summed E-state index contributed by atoms with van der Waals surface area (Å²) in [5, 5.41) is -5.43. The SMILES string of the molecule is FC(F)(F)C(F)(S)C(F)(F)F. The van der Waals surface area contributed by atoms with Crippen molar-refractivity contribution < 1.29 is 30.7 Å². The van der Waals surface area contributed by atoms with Gasteiger partial charge in [0.05, 0.1) is 0 Å². The molecule has 0 radical (unpaired) electrons. The maximum Gasteiger partial charge on any atom is 0.441 e. The van der Waals surface area contributed by atoms with Gasteiger partial charge < -0.3 is 0 Å². The summed E-state index contributed by atoms with van der Waals surface area (Å²) in [6.45, 7) is 0. The van der Waals surface area contributed by atoms with E-state index in [0.29, 0.717) is 0 Å². The Morgan fingerprint density at radius 1 is 0.636 bits per heavy atom. The van der Waals surface area contributed by atoms with Crippen LogP contribution in [0.15, 0.2) is 0 Å². The summed E-state index contributed by atoms with van der Waals surface area (Å²) in [5.74, 6) is 0. The summed E-state index contributed by atoms with van der Waals surface area (Å²) in [4.78, 5) is 0. The molecule has 0 nitrogen and oxygen atoms in total. The van der Waals surface area contributed by atoms with Gasteiger partial charge >= 0.3 is 17.4 Å². The van der Waals surface area contributed by atoms with Crippen molar-refractivity contribution in [2.75, 3.05) is 0 Å². The van der Waals surface area contributed by atoms with E-state index in [1.165, 1.54) is 0 Å². The van der Waals surface area contributed by atoms with E-state index in [-0.39, 0.29) is 0 Å². The van der Waals surface area contributed by atoms with Crippen LogP contribution in [0.3, 0.4) is 0 Å². The maximum absolute atomic E-state index is 11.7. The smallest absolute Gasteiger partial charge is 0.212 e. The van der Waals surface area contributed by atoms with Gasteiger partial charge in [0, 0.05) is 0 Å². The minimum atomic E-state index is -6.05. The van der Waals surface area contributed by atoms with Gasteiger partial charge in [-0.15, -0.1) is 12.6 Å². The first-order valence-electron chi connectivity index (χ1n) is 2.05. The third-order valence-electron chi connectivity index (χ3n) is 0.751. The Bertz CT molecular complexity index is 125. The lowest BCUT2D eigenvalue weighted by molar-refractivity contribution is -0.302. The van der Waals surface area contributed by atoms with Gasteiger partial charge in [0.1, 0.15) is 0 Å². The van der Waals surface area contributed by atoms with Crippen molar-refractivity contribution in [3.63, 3.8) is 0 Å². The lowest BCUT2D eigenvalue weighted by Crippen LogP contribution is -2.48. The monoisotopic (exact) mass is 202 g/mol. The molecule has 0 amide bonds. The fraction of sp³-hybridized carbons (Fsp3) is 1.00. The first-order chi connectivity index (χ1) is 4.50. The highest BCUT2D eigenvalue weighted by Gasteiger charge is 2.70. The topological polar surface area (TPSA) is 0 Å². The first-order valence-corrected chi connectivity index (χ1v) is 2.49. The molecule has 0 saturated carbocycles. The van der Waals surface area contributed by atoms with E-state index in [1.54, 1.807) is 0 Å². The molecule has 0 aliphatic carbocycles. The maximum atomic E-state index is 11.7. The van der Waals surface area contributed by atoms with Gasteiger partial charge in [-0.3, -0.25) is 0 Å². The van der Waals surface area contributed by atoms with Crippen LogP contribution in [-0.2, 0) is 0 Å². The largest absolute Gasteiger partial charge is 0.441 e. The summed E-state index contributed by atoms with van der Waals surface area (Å²) < 4.78 is 78.7. The van der Waals surface area contributed by atoms with Gasteiger partial charge in [-0.2, -0.15) is 26.3 Å². The Morgan fingerprint density at radius 3 is 0.818 bits per heavy atom. The molecule has 0 spiro atoms. The second-order valence-electron chi connectivity index (χ2n) is 1.62. The second kappa shape index (κ2) is 2.43. The van der Waals surface area contributed by atoms with Crippen molar-refractivity contribution in [3.05, 3.63) is 0 Å². The van der Waals surface area contributed by atoms with E-state index >= 15 is 0 Å². The first kappa shape index (κ1) is 10.9. The molecule has 0 saturated heterocycles. The molecule has 0 fully saturated rings. The van der Waals surface area contributed by atoms with Crippen molar-refractivity contribution >= 4 is 12.6 Å². The molecule has 0 atom stereocenters. The van der Waals surface area contributed by atoms with E-state index in [4.69, 9.17) is 0 Å². The second-order valence-corrected chi connectivity index (χ2v) is 2.23. The zero-order valence-corrected chi connectivity index (χ0v) is 5.49. The zero-order chi connectivity index (χ0) is 9.50. The fourth-order valence-electron chi connectivity index (χ4n) is 0.161. The molecule has 0 aromatic carbocycles. The van der Waals surface area contributed by atoms with Crippen LogP contribution in [0.4, 0.5) is 30.7 Å². The van der Waals surface area contributed by atoms with E-state index in [9.17, 15) is 30.7 Å². The standard InChI is InChI=1S/C3HF7S/c4-1(11,2(5,6)7)3(8,9)10/h11H. The zero-order valence-electron chi connectivity index (χ0n) is 4.59. The average molecular weight is 202 g/mol. The predicted molar refractivity (Wildman–Crippen MR) is 24.9 cm³/mol. The third-order valence-corrected chi connectivity index (χ3v) is 1.26. The van der Waals surface area contributed by atoms with Crippen molar-refractivity contribution in [3.8, 4) is 0 Å². The molecule has 0 aliphatic heterocycles. The van der Waals surface area contributed by atoms with Gasteiger partial charge in [0.25, 0.3) is 0 Å². The predicted octanol–water partition coefficient (Wildman–Crippen LogP) is 2.71. The van der Waals surface area contributed by atoms with E-state index < -0.39 is 17.4 Å². The van der Waals surface area contributed by atoms with E-state index in [2.05, 4.69) is 0 Å². The Hall–Kier alpha value is -0.140. The molecular weight excluding hydrogens is 201 g/mol. The molecule has 8 heteroatoms. The summed E-state index contributed by atoms with van der Waals surface area (Å²) >= 11 is 1.83. The normalized spacial score (nSPS) is 15.3. The lowest BCUT2D eigenvalue weighted by atomic mass is 10.3. The van der Waals surface area contributed by atoms with Crippen LogP contribution in [0.25, 0.3) is 0 Å². The summed E-state index contributed by atoms with van der Waals surface area (Å²) in [5.41, 5.74) is 0. The molecule has 68 valence electrons. The van der Waals surface area contributed by atoms with Crippen LogP contribution in [-0.4, -0.2) is 17.4 Å². The van der Waals surface area contributed by atoms with E-state index in [1.807, 2.05) is 12.6 Å². The molecule has 0 unspecified atom stereocenters. The van der Waals surface area contributed by atoms with Gasteiger partial charge in [-0.05, 0) is 0 Å². The molecule has 11 heavy (non-hydrogen) atoms. The lowest BCUT2D eigenvalue weighted by Gasteiger charge is -2.24. The van der Waals surface area contributed by atoms with Crippen LogP contribution >= 0.6 is 12.6 Å². The minimum Gasteiger partial charge on any atom is -0.212 e. The van der Waals surface area contributed by atoms with E-state index in [0.717, 1.165) is 0 Å². The molecule has 0 aliphatic rings. The molecular formula is C3HF7S. The summed E-state index contributed by atoms with van der Waals surface area (Å²) in [7, 11) is 0. The van der Waals surface area contributed by atoms with Gasteiger partial charge in [-0.25, -0.2) is 4.39 Å². The number of hydrogen-bond donors (Lipinski definition) is 1. The third kappa shape index (κ3) is 1.91. The van der Waals surface area contributed by atoms with Crippen LogP contribution < -0.4 is 0 Å². The Kier molecular flexibility index (Phi) is 2.40. The Balaban J connectivity index is 4.75. The van der Waals surface area contributed by atoms with Gasteiger partial charge in [-0.1, -0.05) is 0 Å². The summed E-state index contributed by atoms with van der Waals surface area (Å²) in [6, 6.07) is 0. The van der Waals surface area contributed by atoms with Crippen LogP contribution in [0.1, 0.15) is 0 Å². The summed E-state index contributed by atoms with van der Waals surface area (Å²) in [6.07, 6.45) is -12.1. The number of thiol groups is 1. The van der Waals surface area contributed by atoms with Gasteiger partial charge in [0.2, 0.25) is 0 Å². The highest BCUT2D eigenvalue weighted by molar-refractivity contribution is 7.81.